The van der Waals surface area contributed by atoms with Gasteiger partial charge in [-0.05, 0) is 25.0 Å². The Balaban J connectivity index is 1.83. The molecule has 1 fully saturated rings. The van der Waals surface area contributed by atoms with Crippen molar-refractivity contribution < 1.29 is 0 Å². The quantitative estimate of drug-likeness (QED) is 0.832. The minimum Gasteiger partial charge on any atom is -0.363 e. The molecule has 5 heteroatoms. The van der Waals surface area contributed by atoms with Crippen LogP contribution < -0.4 is 10.2 Å². The second-order valence-electron chi connectivity index (χ2n) is 4.77. The van der Waals surface area contributed by atoms with Gasteiger partial charge >= 0.3 is 0 Å². The molecule has 0 spiro atoms. The number of fused-ring (bicyclic) bond motifs is 1. The minimum absolute atomic E-state index is 0.702. The van der Waals surface area contributed by atoms with E-state index in [1.807, 2.05) is 31.1 Å². The Morgan fingerprint density at radius 2 is 2.18 bits per heavy atom. The largest absolute Gasteiger partial charge is 0.363 e. The van der Waals surface area contributed by atoms with Crippen molar-refractivity contribution in [2.24, 2.45) is 0 Å². The van der Waals surface area contributed by atoms with E-state index in [4.69, 9.17) is 0 Å². The SMILES string of the molecule is CN(C)c1ccc2[nH]c(CNC3CC3)nc2n1. The highest BCUT2D eigenvalue weighted by Crippen LogP contribution is 2.19. The number of imidazole rings is 1. The number of H-pyrrole nitrogens is 1. The number of rotatable bonds is 4. The monoisotopic (exact) mass is 231 g/mol. The van der Waals surface area contributed by atoms with Gasteiger partial charge in [0.25, 0.3) is 0 Å². The zero-order valence-electron chi connectivity index (χ0n) is 10.2. The highest BCUT2D eigenvalue weighted by Gasteiger charge is 2.20. The van der Waals surface area contributed by atoms with Gasteiger partial charge in [0.05, 0.1) is 12.1 Å². The first-order chi connectivity index (χ1) is 8.22. The number of anilines is 1. The fourth-order valence-electron chi connectivity index (χ4n) is 1.79. The molecule has 2 heterocycles. The summed E-state index contributed by atoms with van der Waals surface area (Å²) in [6.07, 6.45) is 2.59. The predicted molar refractivity (Wildman–Crippen MR) is 68.1 cm³/mol. The topological polar surface area (TPSA) is 56.8 Å². The third kappa shape index (κ3) is 2.24. The number of hydrogen-bond acceptors (Lipinski definition) is 4. The molecular formula is C12H17N5. The fourth-order valence-corrected chi connectivity index (χ4v) is 1.79. The van der Waals surface area contributed by atoms with Crippen LogP contribution >= 0.6 is 0 Å². The second-order valence-corrected chi connectivity index (χ2v) is 4.77. The van der Waals surface area contributed by atoms with Gasteiger partial charge in [-0.25, -0.2) is 9.97 Å². The van der Waals surface area contributed by atoms with Gasteiger partial charge in [-0.2, -0.15) is 0 Å². The van der Waals surface area contributed by atoms with Gasteiger partial charge in [-0.3, -0.25) is 0 Å². The molecule has 0 unspecified atom stereocenters. The van der Waals surface area contributed by atoms with Crippen LogP contribution in [0.5, 0.6) is 0 Å². The summed E-state index contributed by atoms with van der Waals surface area (Å²) in [4.78, 5) is 14.3. The Hall–Kier alpha value is -1.62. The zero-order chi connectivity index (χ0) is 11.8. The molecule has 2 aromatic heterocycles. The summed E-state index contributed by atoms with van der Waals surface area (Å²) < 4.78 is 0. The lowest BCUT2D eigenvalue weighted by molar-refractivity contribution is 0.665. The van der Waals surface area contributed by atoms with E-state index < -0.39 is 0 Å². The maximum atomic E-state index is 4.50. The van der Waals surface area contributed by atoms with Crippen LogP contribution in [-0.2, 0) is 6.54 Å². The summed E-state index contributed by atoms with van der Waals surface area (Å²) in [5.74, 6) is 1.90. The second kappa shape index (κ2) is 4.00. The van der Waals surface area contributed by atoms with E-state index in [9.17, 15) is 0 Å². The molecule has 0 aromatic carbocycles. The number of aromatic amines is 1. The average molecular weight is 231 g/mol. The maximum absolute atomic E-state index is 4.50. The van der Waals surface area contributed by atoms with Crippen LogP contribution in [0.1, 0.15) is 18.7 Å². The summed E-state index contributed by atoms with van der Waals surface area (Å²) in [6.45, 7) is 0.804. The number of nitrogens with zero attached hydrogens (tertiary/aromatic N) is 3. The van der Waals surface area contributed by atoms with Crippen LogP contribution in [0.2, 0.25) is 0 Å². The molecular weight excluding hydrogens is 214 g/mol. The molecule has 5 nitrogen and oxygen atoms in total. The first kappa shape index (κ1) is 10.5. The van der Waals surface area contributed by atoms with Gasteiger partial charge in [0, 0.05) is 20.1 Å². The molecule has 1 aliphatic rings. The van der Waals surface area contributed by atoms with Crippen LogP contribution in [0.4, 0.5) is 5.82 Å². The number of aromatic nitrogens is 3. The molecule has 1 saturated carbocycles. The van der Waals surface area contributed by atoms with E-state index in [1.165, 1.54) is 12.8 Å². The van der Waals surface area contributed by atoms with Crippen molar-refractivity contribution in [1.82, 2.24) is 20.3 Å². The van der Waals surface area contributed by atoms with Crippen molar-refractivity contribution in [3.63, 3.8) is 0 Å². The molecule has 0 aliphatic heterocycles. The Morgan fingerprint density at radius 3 is 2.88 bits per heavy atom. The number of nitrogens with one attached hydrogen (secondary N) is 2. The average Bonchev–Trinajstić information content (AvgIpc) is 3.04. The van der Waals surface area contributed by atoms with Crippen molar-refractivity contribution in [3.05, 3.63) is 18.0 Å². The summed E-state index contributed by atoms with van der Waals surface area (Å²) in [5.41, 5.74) is 1.80. The smallest absolute Gasteiger partial charge is 0.179 e. The lowest BCUT2D eigenvalue weighted by Crippen LogP contribution is -2.16. The summed E-state index contributed by atoms with van der Waals surface area (Å²) in [6, 6.07) is 4.73. The molecule has 0 amide bonds. The highest BCUT2D eigenvalue weighted by molar-refractivity contribution is 5.73. The van der Waals surface area contributed by atoms with Crippen LogP contribution in [0.15, 0.2) is 12.1 Å². The molecule has 0 saturated heterocycles. The van der Waals surface area contributed by atoms with Gasteiger partial charge in [0.2, 0.25) is 0 Å². The summed E-state index contributed by atoms with van der Waals surface area (Å²) >= 11 is 0. The standard InChI is InChI=1S/C12H17N5/c1-17(2)11-6-5-9-12(16-11)15-10(14-9)7-13-8-3-4-8/h5-6,8,13H,3-4,7H2,1-2H3,(H,14,15,16). The Labute approximate surface area is 100 Å². The van der Waals surface area contributed by atoms with Crippen LogP contribution in [0.25, 0.3) is 11.2 Å². The van der Waals surface area contributed by atoms with E-state index >= 15 is 0 Å². The van der Waals surface area contributed by atoms with Crippen molar-refractivity contribution in [1.29, 1.82) is 0 Å². The maximum Gasteiger partial charge on any atom is 0.179 e. The first-order valence-electron chi connectivity index (χ1n) is 5.99. The molecule has 0 bridgehead atoms. The molecule has 0 radical (unpaired) electrons. The molecule has 2 aromatic rings. The first-order valence-corrected chi connectivity index (χ1v) is 5.99. The van der Waals surface area contributed by atoms with Crippen LogP contribution in [0, 0.1) is 0 Å². The summed E-state index contributed by atoms with van der Waals surface area (Å²) in [5, 5.41) is 3.44. The normalized spacial score (nSPS) is 15.4. The Bertz CT molecular complexity index is 527. The lowest BCUT2D eigenvalue weighted by Gasteiger charge is -2.09. The van der Waals surface area contributed by atoms with Crippen molar-refractivity contribution in [3.8, 4) is 0 Å². The van der Waals surface area contributed by atoms with Crippen LogP contribution in [-0.4, -0.2) is 35.1 Å². The van der Waals surface area contributed by atoms with E-state index in [0.717, 1.165) is 29.4 Å². The zero-order valence-corrected chi connectivity index (χ0v) is 10.2. The van der Waals surface area contributed by atoms with Crippen molar-refractivity contribution >= 4 is 17.0 Å². The van der Waals surface area contributed by atoms with Crippen molar-refractivity contribution in [2.45, 2.75) is 25.4 Å². The van der Waals surface area contributed by atoms with Crippen molar-refractivity contribution in [2.75, 3.05) is 19.0 Å². The highest BCUT2D eigenvalue weighted by atomic mass is 15.2. The van der Waals surface area contributed by atoms with Gasteiger partial charge in [0.1, 0.15) is 11.6 Å². The third-order valence-corrected chi connectivity index (χ3v) is 2.97. The van der Waals surface area contributed by atoms with Gasteiger partial charge in [0.15, 0.2) is 5.65 Å². The van der Waals surface area contributed by atoms with E-state index in [2.05, 4.69) is 20.3 Å². The third-order valence-electron chi connectivity index (χ3n) is 2.97. The van der Waals surface area contributed by atoms with Gasteiger partial charge in [-0.15, -0.1) is 0 Å². The predicted octanol–water partition coefficient (Wildman–Crippen LogP) is 1.28. The molecule has 1 aliphatic carbocycles. The molecule has 17 heavy (non-hydrogen) atoms. The minimum atomic E-state index is 0.702. The molecule has 90 valence electrons. The van der Waals surface area contributed by atoms with Crippen LogP contribution in [0.3, 0.4) is 0 Å². The molecule has 3 rings (SSSR count). The Kier molecular flexibility index (Phi) is 2.48. The summed E-state index contributed by atoms with van der Waals surface area (Å²) in [7, 11) is 3.97. The number of pyridine rings is 1. The number of hydrogen-bond donors (Lipinski definition) is 2. The molecule has 0 atom stereocenters. The van der Waals surface area contributed by atoms with Gasteiger partial charge < -0.3 is 15.2 Å². The fraction of sp³-hybridized carbons (Fsp3) is 0.500. The molecule has 2 N–H and O–H groups in total. The van der Waals surface area contributed by atoms with E-state index in [0.29, 0.717) is 6.04 Å². The van der Waals surface area contributed by atoms with Gasteiger partial charge in [-0.1, -0.05) is 0 Å². The lowest BCUT2D eigenvalue weighted by atomic mass is 10.4. The van der Waals surface area contributed by atoms with E-state index in [1.54, 1.807) is 0 Å². The van der Waals surface area contributed by atoms with E-state index in [-0.39, 0.29) is 0 Å². The Morgan fingerprint density at radius 1 is 1.35 bits per heavy atom.